The number of para-hydroxylation sites is 1. The maximum Gasteiger partial charge on any atom is 0.0721 e. The van der Waals surface area contributed by atoms with Gasteiger partial charge in [-0.05, 0) is 30.3 Å². The molecule has 0 aliphatic carbocycles. The van der Waals surface area contributed by atoms with Gasteiger partial charge in [0.2, 0.25) is 0 Å². The highest BCUT2D eigenvalue weighted by Crippen LogP contribution is 2.27. The minimum Gasteiger partial charge on any atom is -0.388 e. The van der Waals surface area contributed by atoms with Gasteiger partial charge in [0.05, 0.1) is 11.4 Å². The van der Waals surface area contributed by atoms with Crippen LogP contribution in [-0.2, 0) is 0 Å². The zero-order chi connectivity index (χ0) is 13.9. The predicted molar refractivity (Wildman–Crippen MR) is 85.9 cm³/mol. The van der Waals surface area contributed by atoms with Crippen molar-refractivity contribution in [1.29, 1.82) is 0 Å². The van der Waals surface area contributed by atoms with Crippen LogP contribution < -0.4 is 10.3 Å². The number of hydrogen-bond acceptors (Lipinski definition) is 3. The van der Waals surface area contributed by atoms with Gasteiger partial charge in [0.1, 0.15) is 0 Å². The van der Waals surface area contributed by atoms with Crippen molar-refractivity contribution >= 4 is 28.7 Å². The number of hydrazone groups is 1. The van der Waals surface area contributed by atoms with E-state index in [2.05, 4.69) is 17.4 Å². The molecule has 0 radical (unpaired) electrons. The van der Waals surface area contributed by atoms with Crippen molar-refractivity contribution in [3.63, 3.8) is 0 Å². The maximum absolute atomic E-state index is 6.11. The lowest BCUT2D eigenvalue weighted by molar-refractivity contribution is 0.922. The van der Waals surface area contributed by atoms with E-state index in [1.165, 1.54) is 0 Å². The highest BCUT2D eigenvalue weighted by atomic mass is 35.5. The Bertz CT molecular complexity index is 637. The third-order valence-corrected chi connectivity index (χ3v) is 3.65. The summed E-state index contributed by atoms with van der Waals surface area (Å²) in [5, 5.41) is 10.7. The lowest BCUT2D eigenvalue weighted by Gasteiger charge is -2.12. The molecule has 0 amide bonds. The molecule has 1 aliphatic rings. The van der Waals surface area contributed by atoms with E-state index in [1.54, 1.807) is 0 Å². The highest BCUT2D eigenvalue weighted by molar-refractivity contribution is 6.31. The van der Waals surface area contributed by atoms with Crippen molar-refractivity contribution in [3.8, 4) is 0 Å². The van der Waals surface area contributed by atoms with Crippen molar-refractivity contribution < 1.29 is 0 Å². The SMILES string of the molecule is CNc1ccc(Cl)cc1C1=NN(c2ccccc2)CC1. The number of benzene rings is 2. The van der Waals surface area contributed by atoms with Crippen LogP contribution in [0.15, 0.2) is 53.6 Å². The van der Waals surface area contributed by atoms with Crippen molar-refractivity contribution in [3.05, 3.63) is 59.1 Å². The molecule has 3 nitrogen and oxygen atoms in total. The first-order valence-corrected chi connectivity index (χ1v) is 7.03. The Labute approximate surface area is 123 Å². The Balaban J connectivity index is 1.94. The molecule has 1 aliphatic heterocycles. The molecule has 0 aromatic heterocycles. The van der Waals surface area contributed by atoms with Crippen LogP contribution in [0.3, 0.4) is 0 Å². The van der Waals surface area contributed by atoms with Crippen LogP contribution >= 0.6 is 11.6 Å². The zero-order valence-electron chi connectivity index (χ0n) is 11.3. The minimum absolute atomic E-state index is 0.736. The number of nitrogens with zero attached hydrogens (tertiary/aromatic N) is 2. The third-order valence-electron chi connectivity index (χ3n) is 3.42. The summed E-state index contributed by atoms with van der Waals surface area (Å²) in [5.74, 6) is 0. The number of rotatable bonds is 3. The van der Waals surface area contributed by atoms with Gasteiger partial charge < -0.3 is 5.32 Å². The van der Waals surface area contributed by atoms with Gasteiger partial charge in [0, 0.05) is 36.3 Å². The molecule has 0 unspecified atom stereocenters. The van der Waals surface area contributed by atoms with Gasteiger partial charge in [0.15, 0.2) is 0 Å². The molecule has 4 heteroatoms. The summed E-state index contributed by atoms with van der Waals surface area (Å²) in [5.41, 5.74) is 4.33. The second-order valence-corrected chi connectivity index (χ2v) is 5.13. The molecule has 20 heavy (non-hydrogen) atoms. The molecule has 102 valence electrons. The minimum atomic E-state index is 0.736. The second-order valence-electron chi connectivity index (χ2n) is 4.70. The summed E-state index contributed by atoms with van der Waals surface area (Å²) in [6.45, 7) is 0.898. The number of anilines is 2. The molecule has 3 rings (SSSR count). The standard InChI is InChI=1S/C16H16ClN3/c1-18-15-8-7-12(17)11-14(15)16-9-10-20(19-16)13-5-3-2-4-6-13/h2-8,11,18H,9-10H2,1H3. The first-order chi connectivity index (χ1) is 9.78. The van der Waals surface area contributed by atoms with E-state index in [4.69, 9.17) is 16.7 Å². The summed E-state index contributed by atoms with van der Waals surface area (Å²) in [4.78, 5) is 0. The first kappa shape index (κ1) is 13.0. The second kappa shape index (κ2) is 5.55. The molecule has 1 heterocycles. The third kappa shape index (κ3) is 2.49. The molecule has 1 N–H and O–H groups in total. The molecule has 2 aromatic rings. The molecule has 0 saturated heterocycles. The van der Waals surface area contributed by atoms with E-state index in [0.29, 0.717) is 0 Å². The van der Waals surface area contributed by atoms with E-state index in [0.717, 1.165) is 40.6 Å². The quantitative estimate of drug-likeness (QED) is 0.923. The van der Waals surface area contributed by atoms with Gasteiger partial charge in [0.25, 0.3) is 0 Å². The Morgan fingerprint density at radius 2 is 1.95 bits per heavy atom. The molecule has 2 aromatic carbocycles. The van der Waals surface area contributed by atoms with Crippen molar-refractivity contribution in [1.82, 2.24) is 0 Å². The average molecular weight is 286 g/mol. The lowest BCUT2D eigenvalue weighted by atomic mass is 10.1. The molecular weight excluding hydrogens is 270 g/mol. The van der Waals surface area contributed by atoms with Gasteiger partial charge >= 0.3 is 0 Å². The number of hydrogen-bond donors (Lipinski definition) is 1. The van der Waals surface area contributed by atoms with Crippen LogP contribution in [0.4, 0.5) is 11.4 Å². The van der Waals surface area contributed by atoms with E-state index < -0.39 is 0 Å². The largest absolute Gasteiger partial charge is 0.388 e. The maximum atomic E-state index is 6.11. The monoisotopic (exact) mass is 285 g/mol. The van der Waals surface area contributed by atoms with Crippen LogP contribution in [0.25, 0.3) is 0 Å². The van der Waals surface area contributed by atoms with Gasteiger partial charge in [-0.2, -0.15) is 5.10 Å². The van der Waals surface area contributed by atoms with Crippen LogP contribution in [-0.4, -0.2) is 19.3 Å². The Morgan fingerprint density at radius 3 is 2.70 bits per heavy atom. The smallest absolute Gasteiger partial charge is 0.0721 e. The van der Waals surface area contributed by atoms with Crippen molar-refractivity contribution in [2.75, 3.05) is 23.9 Å². The van der Waals surface area contributed by atoms with Crippen molar-refractivity contribution in [2.24, 2.45) is 5.10 Å². The van der Waals surface area contributed by atoms with Crippen molar-refractivity contribution in [2.45, 2.75) is 6.42 Å². The van der Waals surface area contributed by atoms with E-state index in [9.17, 15) is 0 Å². The topological polar surface area (TPSA) is 27.6 Å². The molecule has 0 atom stereocenters. The van der Waals surface area contributed by atoms with Crippen LogP contribution in [0.1, 0.15) is 12.0 Å². The van der Waals surface area contributed by atoms with Gasteiger partial charge in [-0.1, -0.05) is 29.8 Å². The fourth-order valence-corrected chi connectivity index (χ4v) is 2.58. The molecule has 0 spiro atoms. The lowest BCUT2D eigenvalue weighted by Crippen LogP contribution is -2.11. The molecule has 0 fully saturated rings. The summed E-state index contributed by atoms with van der Waals surface area (Å²) in [6.07, 6.45) is 0.921. The van der Waals surface area contributed by atoms with Crippen LogP contribution in [0.5, 0.6) is 0 Å². The van der Waals surface area contributed by atoms with Gasteiger partial charge in [-0.25, -0.2) is 0 Å². The first-order valence-electron chi connectivity index (χ1n) is 6.65. The Morgan fingerprint density at radius 1 is 1.15 bits per heavy atom. The summed E-state index contributed by atoms with van der Waals surface area (Å²) in [6, 6.07) is 16.1. The fourth-order valence-electron chi connectivity index (χ4n) is 2.41. The fraction of sp³-hybridized carbons (Fsp3) is 0.188. The van der Waals surface area contributed by atoms with E-state index in [1.807, 2.05) is 48.5 Å². The predicted octanol–water partition coefficient (Wildman–Crippen LogP) is 4.00. The normalized spacial score (nSPS) is 14.3. The summed E-state index contributed by atoms with van der Waals surface area (Å²) in [7, 11) is 1.91. The average Bonchev–Trinajstić information content (AvgIpc) is 2.98. The highest BCUT2D eigenvalue weighted by Gasteiger charge is 2.19. The van der Waals surface area contributed by atoms with E-state index in [-0.39, 0.29) is 0 Å². The van der Waals surface area contributed by atoms with Crippen LogP contribution in [0.2, 0.25) is 5.02 Å². The molecule has 0 bridgehead atoms. The Hall–Kier alpha value is -2.00. The Kier molecular flexibility index (Phi) is 3.61. The molecule has 0 saturated carbocycles. The molecular formula is C16H16ClN3. The number of nitrogens with one attached hydrogen (secondary N) is 1. The number of halogens is 1. The van der Waals surface area contributed by atoms with Crippen LogP contribution in [0, 0.1) is 0 Å². The summed E-state index contributed by atoms with van der Waals surface area (Å²) < 4.78 is 0. The van der Waals surface area contributed by atoms with E-state index >= 15 is 0 Å². The zero-order valence-corrected chi connectivity index (χ0v) is 12.1. The van der Waals surface area contributed by atoms with Gasteiger partial charge in [-0.3, -0.25) is 5.01 Å². The summed E-state index contributed by atoms with van der Waals surface area (Å²) >= 11 is 6.11. The van der Waals surface area contributed by atoms with Gasteiger partial charge in [-0.15, -0.1) is 0 Å².